The quantitative estimate of drug-likeness (QED) is 0.870. The smallest absolute Gasteiger partial charge is 0.234 e. The number of aryl methyl sites for hydroxylation is 1. The summed E-state index contributed by atoms with van der Waals surface area (Å²) in [6, 6.07) is 6.14. The van der Waals surface area contributed by atoms with Gasteiger partial charge in [-0.05, 0) is 12.1 Å². The van der Waals surface area contributed by atoms with Crippen LogP contribution in [0.2, 0.25) is 0 Å². The summed E-state index contributed by atoms with van der Waals surface area (Å²) in [5.41, 5.74) is 1.97. The Balaban J connectivity index is 1.84. The number of hydrogen-bond acceptors (Lipinski definition) is 3. The molecular formula is C14H15FN4O. The van der Waals surface area contributed by atoms with Gasteiger partial charge >= 0.3 is 0 Å². The third-order valence-electron chi connectivity index (χ3n) is 3.38. The predicted octanol–water partition coefficient (Wildman–Crippen LogP) is 1.38. The van der Waals surface area contributed by atoms with Crippen LogP contribution in [0.4, 0.5) is 10.1 Å². The number of benzene rings is 1. The zero-order valence-corrected chi connectivity index (χ0v) is 11.1. The molecule has 3 rings (SSSR count). The molecule has 1 aliphatic rings. The summed E-state index contributed by atoms with van der Waals surface area (Å²) in [5, 5.41) is 10.1. The molecule has 0 spiro atoms. The minimum Gasteiger partial charge on any atom is -0.323 e. The fraction of sp³-hybridized carbons (Fsp3) is 0.286. The number of fused-ring (bicyclic) bond motifs is 1. The number of carbonyl (C=O) groups excluding carboxylic acids is 1. The highest BCUT2D eigenvalue weighted by molar-refractivity contribution is 5.96. The first-order valence-electron chi connectivity index (χ1n) is 6.43. The van der Waals surface area contributed by atoms with Gasteiger partial charge in [0.05, 0.1) is 17.3 Å². The molecule has 2 heterocycles. The van der Waals surface area contributed by atoms with Crippen molar-refractivity contribution in [2.75, 3.05) is 11.9 Å². The van der Waals surface area contributed by atoms with Gasteiger partial charge in [-0.1, -0.05) is 12.1 Å². The van der Waals surface area contributed by atoms with Gasteiger partial charge in [0.25, 0.3) is 0 Å². The summed E-state index contributed by atoms with van der Waals surface area (Å²) in [6.45, 7) is 1.21. The molecule has 1 aliphatic heterocycles. The summed E-state index contributed by atoms with van der Waals surface area (Å²) in [4.78, 5) is 12.3. The number of carbonyl (C=O) groups is 1. The van der Waals surface area contributed by atoms with E-state index in [4.69, 9.17) is 0 Å². The summed E-state index contributed by atoms with van der Waals surface area (Å²) in [6.07, 6.45) is 1.89. The maximum atomic E-state index is 13.6. The highest BCUT2D eigenvalue weighted by atomic mass is 19.1. The fourth-order valence-corrected chi connectivity index (χ4v) is 2.43. The molecule has 20 heavy (non-hydrogen) atoms. The Bertz CT molecular complexity index is 652. The third kappa shape index (κ3) is 2.30. The van der Waals surface area contributed by atoms with Gasteiger partial charge in [0.1, 0.15) is 5.82 Å². The van der Waals surface area contributed by atoms with Crippen molar-refractivity contribution in [3.8, 4) is 0 Å². The van der Waals surface area contributed by atoms with Crippen molar-refractivity contribution in [3.63, 3.8) is 0 Å². The molecule has 0 saturated carbocycles. The lowest BCUT2D eigenvalue weighted by atomic mass is 9.97. The monoisotopic (exact) mass is 274 g/mol. The van der Waals surface area contributed by atoms with Gasteiger partial charge < -0.3 is 10.6 Å². The highest BCUT2D eigenvalue weighted by Crippen LogP contribution is 2.24. The number of anilines is 1. The van der Waals surface area contributed by atoms with Gasteiger partial charge in [-0.25, -0.2) is 4.39 Å². The predicted molar refractivity (Wildman–Crippen MR) is 72.7 cm³/mol. The van der Waals surface area contributed by atoms with Crippen molar-refractivity contribution in [2.45, 2.75) is 12.5 Å². The molecule has 2 N–H and O–H groups in total. The first-order chi connectivity index (χ1) is 9.65. The summed E-state index contributed by atoms with van der Waals surface area (Å²) >= 11 is 0. The second kappa shape index (κ2) is 5.05. The van der Waals surface area contributed by atoms with E-state index in [0.29, 0.717) is 13.1 Å². The average molecular weight is 274 g/mol. The van der Waals surface area contributed by atoms with Crippen LogP contribution in [0.1, 0.15) is 17.2 Å². The van der Waals surface area contributed by atoms with Gasteiger partial charge in [-0.3, -0.25) is 9.48 Å². The standard InChI is InChI=1S/C14H15FN4O/c1-19-8-9-6-16-7-10(13(9)18-19)14(20)17-12-5-3-2-4-11(12)15/h2-5,8,10,16H,6-7H2,1H3,(H,17,20)/t10-/m1/s1. The van der Waals surface area contributed by atoms with Crippen LogP contribution in [-0.2, 0) is 18.4 Å². The molecule has 1 atom stereocenters. The van der Waals surface area contributed by atoms with Crippen molar-refractivity contribution < 1.29 is 9.18 Å². The fourth-order valence-electron chi connectivity index (χ4n) is 2.43. The van der Waals surface area contributed by atoms with Crippen LogP contribution in [0.5, 0.6) is 0 Å². The first kappa shape index (κ1) is 12.8. The second-order valence-corrected chi connectivity index (χ2v) is 4.87. The SMILES string of the molecule is Cn1cc2c(n1)[C@H](C(=O)Nc1ccccc1F)CNC2. The Hall–Kier alpha value is -2.21. The number of rotatable bonds is 2. The average Bonchev–Trinajstić information content (AvgIpc) is 2.81. The molecule has 0 unspecified atom stereocenters. The number of nitrogens with zero attached hydrogens (tertiary/aromatic N) is 2. The molecule has 1 amide bonds. The second-order valence-electron chi connectivity index (χ2n) is 4.87. The number of halogens is 1. The van der Waals surface area contributed by atoms with Crippen molar-refractivity contribution >= 4 is 11.6 Å². The Labute approximate surface area is 115 Å². The van der Waals surface area contributed by atoms with Gasteiger partial charge in [-0.15, -0.1) is 0 Å². The van der Waals surface area contributed by atoms with Crippen LogP contribution in [0.15, 0.2) is 30.5 Å². The van der Waals surface area contributed by atoms with Gasteiger partial charge in [0.2, 0.25) is 5.91 Å². The van der Waals surface area contributed by atoms with Crippen LogP contribution >= 0.6 is 0 Å². The number of hydrogen-bond donors (Lipinski definition) is 2. The zero-order valence-electron chi connectivity index (χ0n) is 11.1. The lowest BCUT2D eigenvalue weighted by Crippen LogP contribution is -2.35. The van der Waals surface area contributed by atoms with E-state index in [1.54, 1.807) is 22.9 Å². The lowest BCUT2D eigenvalue weighted by molar-refractivity contribution is -0.117. The maximum absolute atomic E-state index is 13.6. The molecule has 104 valence electrons. The van der Waals surface area contributed by atoms with Crippen LogP contribution in [-0.4, -0.2) is 22.2 Å². The Morgan fingerprint density at radius 2 is 2.30 bits per heavy atom. The molecule has 6 heteroatoms. The Kier molecular flexibility index (Phi) is 3.23. The Morgan fingerprint density at radius 1 is 1.50 bits per heavy atom. The number of para-hydroxylation sites is 1. The van der Waals surface area contributed by atoms with Crippen LogP contribution in [0, 0.1) is 5.82 Å². The largest absolute Gasteiger partial charge is 0.323 e. The molecule has 0 radical (unpaired) electrons. The van der Waals surface area contributed by atoms with Crippen LogP contribution in [0.25, 0.3) is 0 Å². The molecule has 0 fully saturated rings. The molecular weight excluding hydrogens is 259 g/mol. The molecule has 1 aromatic heterocycles. The minimum absolute atomic E-state index is 0.195. The van der Waals surface area contributed by atoms with E-state index < -0.39 is 11.7 Å². The first-order valence-corrected chi connectivity index (χ1v) is 6.43. The van der Waals surface area contributed by atoms with E-state index in [1.165, 1.54) is 6.07 Å². The van der Waals surface area contributed by atoms with Crippen molar-refractivity contribution in [1.29, 1.82) is 0 Å². The van der Waals surface area contributed by atoms with E-state index in [-0.39, 0.29) is 11.6 Å². The summed E-state index contributed by atoms with van der Waals surface area (Å²) in [7, 11) is 1.82. The molecule has 1 aromatic carbocycles. The number of amides is 1. The molecule has 0 aliphatic carbocycles. The van der Waals surface area contributed by atoms with E-state index in [0.717, 1.165) is 11.3 Å². The molecule has 5 nitrogen and oxygen atoms in total. The maximum Gasteiger partial charge on any atom is 0.234 e. The summed E-state index contributed by atoms with van der Waals surface area (Å²) in [5.74, 6) is -1.09. The normalized spacial score (nSPS) is 17.6. The van der Waals surface area contributed by atoms with E-state index in [9.17, 15) is 9.18 Å². The summed E-state index contributed by atoms with van der Waals surface area (Å²) < 4.78 is 15.3. The highest BCUT2D eigenvalue weighted by Gasteiger charge is 2.29. The zero-order chi connectivity index (χ0) is 14.1. The lowest BCUT2D eigenvalue weighted by Gasteiger charge is -2.21. The topological polar surface area (TPSA) is 59.0 Å². The molecule has 0 saturated heterocycles. The number of nitrogens with one attached hydrogen (secondary N) is 2. The van der Waals surface area contributed by atoms with Gasteiger partial charge in [0.15, 0.2) is 0 Å². The minimum atomic E-state index is -0.439. The third-order valence-corrected chi connectivity index (χ3v) is 3.38. The van der Waals surface area contributed by atoms with Gasteiger partial charge in [0, 0.05) is 31.9 Å². The van der Waals surface area contributed by atoms with E-state index >= 15 is 0 Å². The number of aromatic nitrogens is 2. The van der Waals surface area contributed by atoms with Crippen LogP contribution < -0.4 is 10.6 Å². The van der Waals surface area contributed by atoms with Gasteiger partial charge in [-0.2, -0.15) is 5.10 Å². The Morgan fingerprint density at radius 3 is 3.10 bits per heavy atom. The van der Waals surface area contributed by atoms with Crippen LogP contribution in [0.3, 0.4) is 0 Å². The molecule has 2 aromatic rings. The van der Waals surface area contributed by atoms with Crippen molar-refractivity contribution in [1.82, 2.24) is 15.1 Å². The van der Waals surface area contributed by atoms with E-state index in [1.807, 2.05) is 13.2 Å². The molecule has 0 bridgehead atoms. The van der Waals surface area contributed by atoms with E-state index in [2.05, 4.69) is 15.7 Å². The van der Waals surface area contributed by atoms with Crippen molar-refractivity contribution in [2.24, 2.45) is 7.05 Å². The van der Waals surface area contributed by atoms with Crippen molar-refractivity contribution in [3.05, 3.63) is 47.5 Å².